The fourth-order valence-electron chi connectivity index (χ4n) is 2.85. The first kappa shape index (κ1) is 15.4. The molecule has 114 valence electrons. The lowest BCUT2D eigenvalue weighted by atomic mass is 9.84. The molecule has 2 atom stereocenters. The molecule has 1 aromatic carbocycles. The third-order valence-electron chi connectivity index (χ3n) is 3.79. The lowest BCUT2D eigenvalue weighted by Gasteiger charge is -2.39. The number of aliphatic carboxylic acids is 1. The Morgan fingerprint density at radius 3 is 2.76 bits per heavy atom. The summed E-state index contributed by atoms with van der Waals surface area (Å²) in [7, 11) is 0. The number of rotatable bonds is 4. The largest absolute Gasteiger partial charge is 0.481 e. The summed E-state index contributed by atoms with van der Waals surface area (Å²) in [6.07, 6.45) is 0.866. The summed E-state index contributed by atoms with van der Waals surface area (Å²) < 4.78 is 27.5. The van der Waals surface area contributed by atoms with Crippen LogP contribution in [0.15, 0.2) is 18.2 Å². The highest BCUT2D eigenvalue weighted by Gasteiger charge is 2.41. The topological polar surface area (TPSA) is 57.6 Å². The van der Waals surface area contributed by atoms with Gasteiger partial charge in [-0.1, -0.05) is 19.1 Å². The molecule has 2 rings (SSSR count). The van der Waals surface area contributed by atoms with Crippen LogP contribution in [0.1, 0.15) is 37.8 Å². The number of nitrogens with zero attached hydrogens (tertiary/aromatic N) is 1. The smallest absolute Gasteiger partial charge is 0.308 e. The first-order valence-corrected chi connectivity index (χ1v) is 6.93. The van der Waals surface area contributed by atoms with Gasteiger partial charge in [-0.05, 0) is 18.9 Å². The molecule has 1 fully saturated rings. The third kappa shape index (κ3) is 2.89. The number of hydrogen-bond donors (Lipinski definition) is 1. The van der Waals surface area contributed by atoms with E-state index in [1.165, 1.54) is 17.0 Å². The van der Waals surface area contributed by atoms with E-state index in [9.17, 15) is 23.5 Å². The normalized spacial score (nSPS) is 22.4. The van der Waals surface area contributed by atoms with Crippen LogP contribution in [-0.2, 0) is 9.59 Å². The molecule has 2 unspecified atom stereocenters. The molecule has 0 saturated carbocycles. The second-order valence-electron chi connectivity index (χ2n) is 5.16. The molecule has 1 aliphatic heterocycles. The number of halogens is 2. The van der Waals surface area contributed by atoms with Crippen molar-refractivity contribution in [2.75, 3.05) is 6.54 Å². The first-order valence-electron chi connectivity index (χ1n) is 6.93. The Morgan fingerprint density at radius 2 is 2.14 bits per heavy atom. The average molecular weight is 297 g/mol. The van der Waals surface area contributed by atoms with Crippen LogP contribution in [0.4, 0.5) is 8.78 Å². The van der Waals surface area contributed by atoms with Gasteiger partial charge in [-0.3, -0.25) is 9.59 Å². The van der Waals surface area contributed by atoms with Gasteiger partial charge in [-0.25, -0.2) is 8.78 Å². The van der Waals surface area contributed by atoms with Crippen molar-refractivity contribution in [2.24, 2.45) is 5.92 Å². The molecule has 1 heterocycles. The average Bonchev–Trinajstić information content (AvgIpc) is 2.44. The van der Waals surface area contributed by atoms with E-state index in [4.69, 9.17) is 0 Å². The number of carboxylic acid groups (broad SMARTS) is 1. The number of hydrogen-bond acceptors (Lipinski definition) is 2. The van der Waals surface area contributed by atoms with Gasteiger partial charge in [0.25, 0.3) is 0 Å². The summed E-state index contributed by atoms with van der Waals surface area (Å²) in [6, 6.07) is 2.69. The molecule has 1 aromatic rings. The maximum absolute atomic E-state index is 14.1. The van der Waals surface area contributed by atoms with Crippen molar-refractivity contribution >= 4 is 11.9 Å². The Hall–Kier alpha value is -1.98. The van der Waals surface area contributed by atoms with Crippen LogP contribution < -0.4 is 0 Å². The fourth-order valence-corrected chi connectivity index (χ4v) is 2.85. The van der Waals surface area contributed by atoms with Crippen LogP contribution in [0.3, 0.4) is 0 Å². The van der Waals surface area contributed by atoms with E-state index >= 15 is 0 Å². The molecule has 1 amide bonds. The Kier molecular flexibility index (Phi) is 4.55. The summed E-state index contributed by atoms with van der Waals surface area (Å²) in [6.45, 7) is 2.17. The predicted octanol–water partition coefficient (Wildman–Crippen LogP) is 2.74. The molecular formula is C15H17F2NO3. The number of carbonyl (C=O) groups excluding carboxylic acids is 1. The Morgan fingerprint density at radius 1 is 1.43 bits per heavy atom. The predicted molar refractivity (Wildman–Crippen MR) is 71.5 cm³/mol. The highest BCUT2D eigenvalue weighted by molar-refractivity contribution is 5.81. The van der Waals surface area contributed by atoms with Gasteiger partial charge >= 0.3 is 5.97 Å². The van der Waals surface area contributed by atoms with Gasteiger partial charge in [0.15, 0.2) is 11.6 Å². The maximum atomic E-state index is 14.1. The number of carboxylic acids is 1. The minimum absolute atomic E-state index is 0.0658. The second-order valence-corrected chi connectivity index (χ2v) is 5.16. The van der Waals surface area contributed by atoms with Crippen molar-refractivity contribution in [3.05, 3.63) is 35.4 Å². The van der Waals surface area contributed by atoms with Gasteiger partial charge in [0.05, 0.1) is 12.0 Å². The van der Waals surface area contributed by atoms with Crippen molar-refractivity contribution in [1.82, 2.24) is 4.90 Å². The Labute approximate surface area is 121 Å². The summed E-state index contributed by atoms with van der Waals surface area (Å²) in [5.41, 5.74) is -0.0658. The molecular weight excluding hydrogens is 280 g/mol. The summed E-state index contributed by atoms with van der Waals surface area (Å²) in [5.74, 6) is -4.36. The van der Waals surface area contributed by atoms with Crippen LogP contribution in [0.25, 0.3) is 0 Å². The molecule has 0 radical (unpaired) electrons. The number of benzene rings is 1. The van der Waals surface area contributed by atoms with E-state index in [-0.39, 0.29) is 24.3 Å². The molecule has 1 saturated heterocycles. The van der Waals surface area contributed by atoms with Crippen LogP contribution in [-0.4, -0.2) is 28.4 Å². The van der Waals surface area contributed by atoms with Crippen molar-refractivity contribution in [1.29, 1.82) is 0 Å². The molecule has 0 aromatic heterocycles. The summed E-state index contributed by atoms with van der Waals surface area (Å²) >= 11 is 0. The van der Waals surface area contributed by atoms with Crippen LogP contribution >= 0.6 is 0 Å². The fraction of sp³-hybridized carbons (Fsp3) is 0.467. The second kappa shape index (κ2) is 6.20. The van der Waals surface area contributed by atoms with Gasteiger partial charge in [-0.2, -0.15) is 0 Å². The van der Waals surface area contributed by atoms with Crippen LogP contribution in [0.2, 0.25) is 0 Å². The lowest BCUT2D eigenvalue weighted by molar-refractivity contribution is -0.152. The zero-order valence-corrected chi connectivity index (χ0v) is 11.7. The quantitative estimate of drug-likeness (QED) is 0.929. The van der Waals surface area contributed by atoms with Crippen molar-refractivity contribution < 1.29 is 23.5 Å². The highest BCUT2D eigenvalue weighted by Crippen LogP contribution is 2.38. The van der Waals surface area contributed by atoms with E-state index in [0.717, 1.165) is 6.07 Å². The minimum atomic E-state index is -1.10. The van der Waals surface area contributed by atoms with E-state index in [1.54, 1.807) is 0 Å². The molecule has 1 aliphatic rings. The highest BCUT2D eigenvalue weighted by atomic mass is 19.2. The summed E-state index contributed by atoms with van der Waals surface area (Å²) in [4.78, 5) is 24.8. The molecule has 0 aliphatic carbocycles. The van der Waals surface area contributed by atoms with Crippen molar-refractivity contribution in [2.45, 2.75) is 32.2 Å². The van der Waals surface area contributed by atoms with E-state index in [1.807, 2.05) is 6.92 Å². The van der Waals surface area contributed by atoms with E-state index in [2.05, 4.69) is 0 Å². The van der Waals surface area contributed by atoms with Gasteiger partial charge in [0.2, 0.25) is 5.91 Å². The Balaban J connectivity index is 2.51. The van der Waals surface area contributed by atoms with Crippen LogP contribution in [0.5, 0.6) is 0 Å². The molecule has 0 bridgehead atoms. The number of carbonyl (C=O) groups is 2. The third-order valence-corrected chi connectivity index (χ3v) is 3.79. The van der Waals surface area contributed by atoms with E-state index in [0.29, 0.717) is 13.0 Å². The van der Waals surface area contributed by atoms with Crippen LogP contribution in [0, 0.1) is 17.6 Å². The monoisotopic (exact) mass is 297 g/mol. The van der Waals surface area contributed by atoms with Crippen molar-refractivity contribution in [3.8, 4) is 0 Å². The minimum Gasteiger partial charge on any atom is -0.481 e. The number of piperidine rings is 1. The Bertz CT molecular complexity index is 562. The zero-order valence-electron chi connectivity index (χ0n) is 11.7. The zero-order chi connectivity index (χ0) is 15.6. The van der Waals surface area contributed by atoms with Gasteiger partial charge in [0.1, 0.15) is 0 Å². The molecule has 21 heavy (non-hydrogen) atoms. The molecule has 6 heteroatoms. The lowest BCUT2D eigenvalue weighted by Crippen LogP contribution is -2.46. The van der Waals surface area contributed by atoms with Crippen molar-refractivity contribution in [3.63, 3.8) is 0 Å². The molecule has 0 spiro atoms. The SMILES string of the molecule is CCCN1C(=O)CCC(C(=O)O)C1c1cccc(F)c1F. The summed E-state index contributed by atoms with van der Waals surface area (Å²) in [5, 5.41) is 9.35. The number of amides is 1. The maximum Gasteiger partial charge on any atom is 0.308 e. The standard InChI is InChI=1S/C15H17F2NO3/c1-2-8-18-12(19)7-6-10(15(20)21)14(18)9-4-3-5-11(16)13(9)17/h3-5,10,14H,2,6-8H2,1H3,(H,20,21). The molecule has 4 nitrogen and oxygen atoms in total. The van der Waals surface area contributed by atoms with Gasteiger partial charge in [-0.15, -0.1) is 0 Å². The van der Waals surface area contributed by atoms with E-state index < -0.39 is 29.6 Å². The number of likely N-dealkylation sites (tertiary alicyclic amines) is 1. The van der Waals surface area contributed by atoms with Gasteiger partial charge < -0.3 is 10.0 Å². The molecule has 1 N–H and O–H groups in total. The first-order chi connectivity index (χ1) is 9.97. The van der Waals surface area contributed by atoms with Gasteiger partial charge in [0, 0.05) is 18.5 Å².